The molecule has 0 radical (unpaired) electrons. The molecule has 0 aliphatic heterocycles. The van der Waals surface area contributed by atoms with Crippen LogP contribution in [0.4, 0.5) is 5.69 Å². The smallest absolute Gasteiger partial charge is 0.271 e. The van der Waals surface area contributed by atoms with Crippen LogP contribution < -0.4 is 10.2 Å². The molecule has 31 heavy (non-hydrogen) atoms. The van der Waals surface area contributed by atoms with Crippen LogP contribution in [0.25, 0.3) is 10.9 Å². The number of H-pyrrole nitrogens is 2. The molecular formula is C25H27N5O. The third-order valence-corrected chi connectivity index (χ3v) is 6.12. The molecule has 1 saturated carbocycles. The van der Waals surface area contributed by atoms with Crippen LogP contribution in [0.2, 0.25) is 0 Å². The van der Waals surface area contributed by atoms with Gasteiger partial charge in [0, 0.05) is 61.0 Å². The molecule has 1 aliphatic rings. The van der Waals surface area contributed by atoms with Crippen LogP contribution in [0.5, 0.6) is 0 Å². The fourth-order valence-corrected chi connectivity index (χ4v) is 4.14. The summed E-state index contributed by atoms with van der Waals surface area (Å²) in [6.45, 7) is 0.494. The fraction of sp³-hybridized carbons (Fsp3) is 0.280. The van der Waals surface area contributed by atoms with Gasteiger partial charge in [-0.05, 0) is 48.2 Å². The fourth-order valence-electron chi connectivity index (χ4n) is 4.14. The summed E-state index contributed by atoms with van der Waals surface area (Å²) in [5, 5.41) is 11.5. The number of amides is 1. The molecule has 0 saturated heterocycles. The average Bonchev–Trinajstić information content (AvgIpc) is 3.36. The number of benzene rings is 2. The second-order valence-electron chi connectivity index (χ2n) is 8.52. The number of carbonyl (C=O) groups is 1. The minimum absolute atomic E-state index is 0.0261. The van der Waals surface area contributed by atoms with Gasteiger partial charge in [-0.15, -0.1) is 0 Å². The quantitative estimate of drug-likeness (QED) is 0.420. The van der Waals surface area contributed by atoms with Crippen molar-refractivity contribution in [1.29, 1.82) is 0 Å². The number of nitrogens with zero attached hydrogens (tertiary/aromatic N) is 2. The number of hydrogen-bond donors (Lipinski definition) is 3. The molecule has 158 valence electrons. The normalized spacial score (nSPS) is 14.5. The number of fused-ring (bicyclic) bond motifs is 1. The van der Waals surface area contributed by atoms with Crippen molar-refractivity contribution in [2.45, 2.75) is 24.7 Å². The summed E-state index contributed by atoms with van der Waals surface area (Å²) in [6, 6.07) is 18.7. The maximum Gasteiger partial charge on any atom is 0.271 e. The maximum absolute atomic E-state index is 12.8. The molecule has 1 unspecified atom stereocenters. The van der Waals surface area contributed by atoms with Crippen LogP contribution in [0.1, 0.15) is 52.0 Å². The number of aromatic nitrogens is 3. The Bertz CT molecular complexity index is 1200. The van der Waals surface area contributed by atoms with E-state index in [1.54, 1.807) is 0 Å². The first-order valence-electron chi connectivity index (χ1n) is 10.8. The van der Waals surface area contributed by atoms with Gasteiger partial charge >= 0.3 is 0 Å². The molecule has 0 bridgehead atoms. The second-order valence-corrected chi connectivity index (χ2v) is 8.52. The molecule has 2 aromatic heterocycles. The largest absolute Gasteiger partial charge is 0.378 e. The lowest BCUT2D eigenvalue weighted by Crippen LogP contribution is -2.29. The van der Waals surface area contributed by atoms with E-state index in [1.165, 1.54) is 23.8 Å². The van der Waals surface area contributed by atoms with Crippen LogP contribution in [-0.2, 0) is 0 Å². The van der Waals surface area contributed by atoms with Gasteiger partial charge in [0.25, 0.3) is 5.91 Å². The van der Waals surface area contributed by atoms with Crippen LogP contribution >= 0.6 is 0 Å². The number of carbonyl (C=O) groups excluding carboxylic acids is 1. The van der Waals surface area contributed by atoms with E-state index in [0.29, 0.717) is 18.2 Å². The maximum atomic E-state index is 12.8. The van der Waals surface area contributed by atoms with Crippen molar-refractivity contribution in [3.05, 3.63) is 83.3 Å². The van der Waals surface area contributed by atoms with Gasteiger partial charge in [-0.2, -0.15) is 5.10 Å². The third-order valence-electron chi connectivity index (χ3n) is 6.12. The van der Waals surface area contributed by atoms with Gasteiger partial charge in [0.1, 0.15) is 5.69 Å². The first-order valence-corrected chi connectivity index (χ1v) is 10.8. The predicted molar refractivity (Wildman–Crippen MR) is 124 cm³/mol. The highest BCUT2D eigenvalue weighted by Gasteiger charge is 2.27. The number of nitrogens with one attached hydrogen (secondary N) is 3. The van der Waals surface area contributed by atoms with E-state index >= 15 is 0 Å². The van der Waals surface area contributed by atoms with Gasteiger partial charge in [0.2, 0.25) is 0 Å². The van der Waals surface area contributed by atoms with E-state index in [9.17, 15) is 4.79 Å². The SMILES string of the molecule is CN(C)c1ccc(C(CNC(=O)c2cc(C3CC3)[nH]n2)c2c[nH]c3ccccc23)cc1. The van der Waals surface area contributed by atoms with Crippen LogP contribution in [0.15, 0.2) is 60.8 Å². The molecule has 2 heterocycles. The van der Waals surface area contributed by atoms with Gasteiger partial charge in [-0.1, -0.05) is 30.3 Å². The molecule has 1 fully saturated rings. The molecule has 1 atom stereocenters. The lowest BCUT2D eigenvalue weighted by molar-refractivity contribution is 0.0947. The minimum Gasteiger partial charge on any atom is -0.378 e. The van der Waals surface area contributed by atoms with Crippen molar-refractivity contribution in [3.63, 3.8) is 0 Å². The summed E-state index contributed by atoms with van der Waals surface area (Å²) in [4.78, 5) is 18.3. The Labute approximate surface area is 181 Å². The summed E-state index contributed by atoms with van der Waals surface area (Å²) in [7, 11) is 4.07. The molecule has 2 aromatic carbocycles. The summed E-state index contributed by atoms with van der Waals surface area (Å²) in [5.74, 6) is 0.430. The van der Waals surface area contributed by atoms with Gasteiger partial charge in [0.05, 0.1) is 0 Å². The number of anilines is 1. The lowest BCUT2D eigenvalue weighted by atomic mass is 9.90. The zero-order chi connectivity index (χ0) is 21.4. The van der Waals surface area contributed by atoms with Gasteiger partial charge in [0.15, 0.2) is 0 Å². The number of hydrogen-bond acceptors (Lipinski definition) is 3. The Morgan fingerprint density at radius 3 is 2.68 bits per heavy atom. The van der Waals surface area contributed by atoms with Crippen LogP contribution in [0, 0.1) is 0 Å². The number of para-hydroxylation sites is 1. The van der Waals surface area contributed by atoms with Gasteiger partial charge in [-0.25, -0.2) is 0 Å². The molecule has 3 N–H and O–H groups in total. The summed E-state index contributed by atoms with van der Waals surface area (Å²) in [6.07, 6.45) is 4.41. The zero-order valence-electron chi connectivity index (χ0n) is 17.9. The molecule has 5 rings (SSSR count). The standard InChI is InChI=1S/C25H27N5O/c1-30(2)18-11-9-16(10-12-18)20(21-15-26-22-6-4-3-5-19(21)22)14-27-25(31)24-13-23(28-29-24)17-7-8-17/h3-6,9-13,15,17,20,26H,7-8,14H2,1-2H3,(H,27,31)(H,28,29). The molecule has 6 nitrogen and oxygen atoms in total. The first kappa shape index (κ1) is 19.4. The first-order chi connectivity index (χ1) is 15.1. The highest BCUT2D eigenvalue weighted by molar-refractivity contribution is 5.92. The van der Waals surface area contributed by atoms with Crippen molar-refractivity contribution < 1.29 is 4.79 Å². The monoisotopic (exact) mass is 413 g/mol. The van der Waals surface area contributed by atoms with E-state index in [2.05, 4.69) is 68.0 Å². The molecule has 0 spiro atoms. The lowest BCUT2D eigenvalue weighted by Gasteiger charge is -2.19. The van der Waals surface area contributed by atoms with E-state index in [0.717, 1.165) is 22.5 Å². The molecule has 1 amide bonds. The topological polar surface area (TPSA) is 76.8 Å². The summed E-state index contributed by atoms with van der Waals surface area (Å²) >= 11 is 0. The second kappa shape index (κ2) is 7.95. The predicted octanol–water partition coefficient (Wildman–Crippen LogP) is 4.40. The van der Waals surface area contributed by atoms with Crippen LogP contribution in [0.3, 0.4) is 0 Å². The highest BCUT2D eigenvalue weighted by atomic mass is 16.1. The Morgan fingerprint density at radius 1 is 1.16 bits per heavy atom. The zero-order valence-corrected chi connectivity index (χ0v) is 17.9. The Balaban J connectivity index is 1.42. The van der Waals surface area contributed by atoms with Crippen molar-refractivity contribution in [2.24, 2.45) is 0 Å². The number of rotatable bonds is 7. The summed E-state index contributed by atoms with van der Waals surface area (Å²) in [5.41, 5.74) is 6.11. The van der Waals surface area contributed by atoms with Gasteiger partial charge in [-0.3, -0.25) is 9.89 Å². The molecule has 1 aliphatic carbocycles. The van der Waals surface area contributed by atoms with E-state index in [1.807, 2.05) is 32.3 Å². The van der Waals surface area contributed by atoms with Crippen molar-refractivity contribution in [1.82, 2.24) is 20.5 Å². The molecular weight excluding hydrogens is 386 g/mol. The average molecular weight is 414 g/mol. The minimum atomic E-state index is -0.141. The van der Waals surface area contributed by atoms with Crippen molar-refractivity contribution in [3.8, 4) is 0 Å². The molecule has 4 aromatic rings. The van der Waals surface area contributed by atoms with Crippen molar-refractivity contribution >= 4 is 22.5 Å². The van der Waals surface area contributed by atoms with E-state index in [-0.39, 0.29) is 11.8 Å². The Morgan fingerprint density at radius 2 is 1.94 bits per heavy atom. The van der Waals surface area contributed by atoms with Gasteiger partial charge < -0.3 is 15.2 Å². The van der Waals surface area contributed by atoms with Crippen molar-refractivity contribution in [2.75, 3.05) is 25.5 Å². The Hall–Kier alpha value is -3.54. The van der Waals surface area contributed by atoms with E-state index < -0.39 is 0 Å². The highest BCUT2D eigenvalue weighted by Crippen LogP contribution is 2.39. The summed E-state index contributed by atoms with van der Waals surface area (Å²) < 4.78 is 0. The molecule has 6 heteroatoms. The third kappa shape index (κ3) is 3.93. The number of aromatic amines is 2. The van der Waals surface area contributed by atoms with Crippen LogP contribution in [-0.4, -0.2) is 41.7 Å². The van der Waals surface area contributed by atoms with E-state index in [4.69, 9.17) is 0 Å². The Kier molecular flexibility index (Phi) is 4.98.